The first-order chi connectivity index (χ1) is 12.5. The van der Waals surface area contributed by atoms with E-state index in [1.807, 2.05) is 6.07 Å². The number of Topliss-reactive ketones (excluding diaryl/α,β-unsaturated/α-hetero) is 1. The molecule has 4 unspecified atom stereocenters. The Morgan fingerprint density at radius 3 is 2.50 bits per heavy atom. The van der Waals surface area contributed by atoms with Crippen LogP contribution in [0.3, 0.4) is 0 Å². The fraction of sp³-hybridized carbons (Fsp3) is 0.476. The molecule has 136 valence electrons. The lowest BCUT2D eigenvalue weighted by Gasteiger charge is -2.28. The number of benzene rings is 1. The molecule has 0 aliphatic heterocycles. The number of anilines is 1. The smallest absolute Gasteiger partial charge is 0.267 e. The molecule has 2 saturated carbocycles. The van der Waals surface area contributed by atoms with Crippen molar-refractivity contribution in [2.45, 2.75) is 45.6 Å². The van der Waals surface area contributed by atoms with Crippen molar-refractivity contribution in [3.8, 4) is 6.07 Å². The first-order valence-corrected chi connectivity index (χ1v) is 9.26. The lowest BCUT2D eigenvalue weighted by atomic mass is 9.84. The molecule has 4 atom stereocenters. The topological polar surface area (TPSA) is 82.0 Å². The van der Waals surface area contributed by atoms with Crippen LogP contribution in [0.5, 0.6) is 0 Å². The van der Waals surface area contributed by atoms with Crippen molar-refractivity contribution in [1.82, 2.24) is 5.32 Å². The minimum absolute atomic E-state index is 0.0284. The number of fused-ring (bicyclic) bond motifs is 2. The third-order valence-corrected chi connectivity index (χ3v) is 5.84. The standard InChI is InChI=1S/C21H25N3O2/c1-13(20-10-15-3-4-17(20)9-15)23-12-18(11-22)21(26)24-19-7-5-16(6-8-19)14(2)25/h5-8,12-13,15,17,20,23H,3-4,9-10H2,1-2H3,(H,24,26)/b18-12-. The second-order valence-corrected chi connectivity index (χ2v) is 7.55. The second-order valence-electron chi connectivity index (χ2n) is 7.55. The van der Waals surface area contributed by atoms with Gasteiger partial charge in [-0.15, -0.1) is 0 Å². The number of amides is 1. The van der Waals surface area contributed by atoms with Crippen LogP contribution in [0.25, 0.3) is 0 Å². The summed E-state index contributed by atoms with van der Waals surface area (Å²) in [5.74, 6) is 1.81. The second kappa shape index (κ2) is 7.74. The third kappa shape index (κ3) is 3.96. The van der Waals surface area contributed by atoms with Crippen LogP contribution in [0.1, 0.15) is 49.9 Å². The highest BCUT2D eigenvalue weighted by atomic mass is 16.1. The van der Waals surface area contributed by atoms with Crippen LogP contribution in [-0.4, -0.2) is 17.7 Å². The molecule has 0 spiro atoms. The quantitative estimate of drug-likeness (QED) is 0.466. The summed E-state index contributed by atoms with van der Waals surface area (Å²) in [6.07, 6.45) is 6.80. The van der Waals surface area contributed by atoms with Crippen molar-refractivity contribution in [3.63, 3.8) is 0 Å². The molecule has 2 fully saturated rings. The first-order valence-electron chi connectivity index (χ1n) is 9.26. The summed E-state index contributed by atoms with van der Waals surface area (Å²) in [5.41, 5.74) is 1.19. The van der Waals surface area contributed by atoms with Gasteiger partial charge >= 0.3 is 0 Å². The van der Waals surface area contributed by atoms with E-state index in [1.54, 1.807) is 24.3 Å². The molecule has 0 saturated heterocycles. The highest BCUT2D eigenvalue weighted by Gasteiger charge is 2.41. The van der Waals surface area contributed by atoms with Gasteiger partial charge in [0.05, 0.1) is 0 Å². The Morgan fingerprint density at radius 1 is 1.23 bits per heavy atom. The number of ketones is 1. The Labute approximate surface area is 154 Å². The van der Waals surface area contributed by atoms with Gasteiger partial charge in [0.25, 0.3) is 5.91 Å². The maximum absolute atomic E-state index is 12.3. The number of carbonyl (C=O) groups excluding carboxylic acids is 2. The van der Waals surface area contributed by atoms with Crippen molar-refractivity contribution in [2.24, 2.45) is 17.8 Å². The molecule has 1 amide bonds. The highest BCUT2D eigenvalue weighted by molar-refractivity contribution is 6.06. The van der Waals surface area contributed by atoms with Crippen molar-refractivity contribution < 1.29 is 9.59 Å². The molecule has 26 heavy (non-hydrogen) atoms. The van der Waals surface area contributed by atoms with Gasteiger partial charge < -0.3 is 10.6 Å². The Bertz CT molecular complexity index is 760. The highest BCUT2D eigenvalue weighted by Crippen LogP contribution is 2.49. The molecular formula is C21H25N3O2. The predicted molar refractivity (Wildman–Crippen MR) is 100 cm³/mol. The summed E-state index contributed by atoms with van der Waals surface area (Å²) >= 11 is 0. The monoisotopic (exact) mass is 351 g/mol. The largest absolute Gasteiger partial charge is 0.387 e. The van der Waals surface area contributed by atoms with Crippen molar-refractivity contribution in [2.75, 3.05) is 5.32 Å². The van der Waals surface area contributed by atoms with Crippen LogP contribution in [0, 0.1) is 29.1 Å². The molecular weight excluding hydrogens is 326 g/mol. The van der Waals surface area contributed by atoms with Crippen LogP contribution in [-0.2, 0) is 4.79 Å². The van der Waals surface area contributed by atoms with E-state index in [0.29, 0.717) is 17.2 Å². The summed E-state index contributed by atoms with van der Waals surface area (Å²) in [7, 11) is 0. The van der Waals surface area contributed by atoms with E-state index < -0.39 is 5.91 Å². The molecule has 2 N–H and O–H groups in total. The Hall–Kier alpha value is -2.61. The average Bonchev–Trinajstić information content (AvgIpc) is 3.26. The number of carbonyl (C=O) groups is 2. The van der Waals surface area contributed by atoms with Crippen molar-refractivity contribution in [1.29, 1.82) is 5.26 Å². The minimum Gasteiger partial charge on any atom is -0.387 e. The van der Waals surface area contributed by atoms with Crippen LogP contribution < -0.4 is 10.6 Å². The Morgan fingerprint density at radius 2 is 1.96 bits per heavy atom. The van der Waals surface area contributed by atoms with Crippen LogP contribution in [0.15, 0.2) is 36.0 Å². The lowest BCUT2D eigenvalue weighted by Crippen LogP contribution is -2.33. The third-order valence-electron chi connectivity index (χ3n) is 5.84. The molecule has 1 aromatic carbocycles. The molecule has 1 aromatic rings. The van der Waals surface area contributed by atoms with Crippen LogP contribution >= 0.6 is 0 Å². The minimum atomic E-state index is -0.448. The summed E-state index contributed by atoms with van der Waals surface area (Å²) in [4.78, 5) is 23.6. The van der Waals surface area contributed by atoms with Gasteiger partial charge in [-0.1, -0.05) is 6.42 Å². The zero-order valence-electron chi connectivity index (χ0n) is 15.3. The van der Waals surface area contributed by atoms with Gasteiger partial charge in [-0.05, 0) is 75.1 Å². The molecule has 5 heteroatoms. The summed E-state index contributed by atoms with van der Waals surface area (Å²) in [6.45, 7) is 3.63. The summed E-state index contributed by atoms with van der Waals surface area (Å²) in [5, 5.41) is 15.3. The van der Waals surface area contributed by atoms with E-state index in [2.05, 4.69) is 17.6 Å². The summed E-state index contributed by atoms with van der Waals surface area (Å²) in [6, 6.07) is 8.86. The number of hydrogen-bond acceptors (Lipinski definition) is 4. The number of hydrogen-bond donors (Lipinski definition) is 2. The van der Waals surface area contributed by atoms with Gasteiger partial charge in [-0.2, -0.15) is 5.26 Å². The zero-order valence-corrected chi connectivity index (χ0v) is 15.3. The molecule has 0 radical (unpaired) electrons. The van der Waals surface area contributed by atoms with E-state index in [0.717, 1.165) is 11.8 Å². The number of rotatable bonds is 6. The van der Waals surface area contributed by atoms with Crippen molar-refractivity contribution in [3.05, 3.63) is 41.6 Å². The average molecular weight is 351 g/mol. The predicted octanol–water partition coefficient (Wildman–Crippen LogP) is 3.65. The van der Waals surface area contributed by atoms with Gasteiger partial charge in [0.1, 0.15) is 11.6 Å². The van der Waals surface area contributed by atoms with E-state index in [9.17, 15) is 14.9 Å². The Balaban J connectivity index is 1.58. The van der Waals surface area contributed by atoms with Crippen molar-refractivity contribution >= 4 is 17.4 Å². The summed E-state index contributed by atoms with van der Waals surface area (Å²) < 4.78 is 0. The molecule has 0 heterocycles. The van der Waals surface area contributed by atoms with Gasteiger partial charge in [0.2, 0.25) is 0 Å². The fourth-order valence-electron chi connectivity index (χ4n) is 4.38. The number of nitriles is 1. The van der Waals surface area contributed by atoms with Crippen LogP contribution in [0.2, 0.25) is 0 Å². The molecule has 3 rings (SSSR count). The van der Waals surface area contributed by atoms with Crippen LogP contribution in [0.4, 0.5) is 5.69 Å². The molecule has 5 nitrogen and oxygen atoms in total. The van der Waals surface area contributed by atoms with E-state index in [-0.39, 0.29) is 17.4 Å². The van der Waals surface area contributed by atoms with Gasteiger partial charge in [-0.25, -0.2) is 0 Å². The molecule has 2 bridgehead atoms. The number of nitrogens with one attached hydrogen (secondary N) is 2. The SMILES string of the molecule is CC(=O)c1ccc(NC(=O)/C(C#N)=C\NC(C)C2CC3CCC2C3)cc1. The fourth-order valence-corrected chi connectivity index (χ4v) is 4.38. The Kier molecular flexibility index (Phi) is 5.41. The molecule has 2 aliphatic rings. The van der Waals surface area contributed by atoms with E-state index >= 15 is 0 Å². The normalized spacial score (nSPS) is 25.4. The molecule has 2 aliphatic carbocycles. The lowest BCUT2D eigenvalue weighted by molar-refractivity contribution is -0.112. The van der Waals surface area contributed by atoms with Gasteiger partial charge in [-0.3, -0.25) is 9.59 Å². The van der Waals surface area contributed by atoms with Gasteiger partial charge in [0, 0.05) is 23.5 Å². The zero-order chi connectivity index (χ0) is 18.7. The first kappa shape index (κ1) is 18.2. The molecule has 0 aromatic heterocycles. The maximum atomic E-state index is 12.3. The van der Waals surface area contributed by atoms with E-state index in [1.165, 1.54) is 38.8 Å². The number of nitrogens with zero attached hydrogens (tertiary/aromatic N) is 1. The van der Waals surface area contributed by atoms with Gasteiger partial charge in [0.15, 0.2) is 5.78 Å². The maximum Gasteiger partial charge on any atom is 0.267 e. The van der Waals surface area contributed by atoms with E-state index in [4.69, 9.17) is 0 Å².